The molecular formula is C10H10ClF2NO2. The van der Waals surface area contributed by atoms with Crippen LogP contribution in [0.15, 0.2) is 12.1 Å². The predicted octanol–water partition coefficient (Wildman–Crippen LogP) is 2.87. The molecule has 6 heteroatoms. The number of pyridine rings is 1. The summed E-state index contributed by atoms with van der Waals surface area (Å²) in [6.07, 6.45) is -3.37. The topological polar surface area (TPSA) is 50.2 Å². The molecule has 0 radical (unpaired) electrons. The molecule has 0 saturated heterocycles. The van der Waals surface area contributed by atoms with Crippen LogP contribution in [-0.4, -0.2) is 22.5 Å². The van der Waals surface area contributed by atoms with Crippen LogP contribution >= 0.6 is 11.6 Å². The molecule has 1 aromatic rings. The fourth-order valence-corrected chi connectivity index (χ4v) is 1.67. The van der Waals surface area contributed by atoms with Crippen molar-refractivity contribution in [3.8, 4) is 0 Å². The summed E-state index contributed by atoms with van der Waals surface area (Å²) >= 11 is 5.63. The molecule has 0 aromatic carbocycles. The number of nitrogens with zero attached hydrogens (tertiary/aromatic N) is 1. The van der Waals surface area contributed by atoms with Crippen LogP contribution in [0.1, 0.15) is 23.6 Å². The first-order valence-electron chi connectivity index (χ1n) is 4.54. The van der Waals surface area contributed by atoms with Crippen LogP contribution in [0.4, 0.5) is 8.78 Å². The zero-order chi connectivity index (χ0) is 12.3. The molecule has 1 rings (SSSR count). The maximum Gasteiger partial charge on any atom is 0.304 e. The van der Waals surface area contributed by atoms with E-state index in [0.717, 1.165) is 0 Å². The Hall–Kier alpha value is -1.23. The number of aromatic nitrogens is 1. The molecule has 0 saturated carbocycles. The van der Waals surface area contributed by atoms with Gasteiger partial charge in [0.15, 0.2) is 0 Å². The molecule has 16 heavy (non-hydrogen) atoms. The number of carboxylic acids is 1. The van der Waals surface area contributed by atoms with Crippen molar-refractivity contribution < 1.29 is 18.7 Å². The predicted molar refractivity (Wildman–Crippen MR) is 55.0 cm³/mol. The lowest BCUT2D eigenvalue weighted by Gasteiger charge is -2.14. The Balaban J connectivity index is 3.05. The Kier molecular flexibility index (Phi) is 4.18. The third-order valence-electron chi connectivity index (χ3n) is 2.07. The van der Waals surface area contributed by atoms with Gasteiger partial charge in [-0.15, -0.1) is 0 Å². The molecule has 0 aliphatic rings. The Bertz CT molecular complexity index is 378. The minimum atomic E-state index is -2.74. The molecule has 0 amide bonds. The molecule has 1 N–H and O–H groups in total. The number of carboxylic acid groups (broad SMARTS) is 1. The summed E-state index contributed by atoms with van der Waals surface area (Å²) in [4.78, 5) is 14.3. The van der Waals surface area contributed by atoms with Gasteiger partial charge in [0, 0.05) is 5.69 Å². The van der Waals surface area contributed by atoms with Crippen LogP contribution in [0.5, 0.6) is 0 Å². The van der Waals surface area contributed by atoms with Gasteiger partial charge in [0.2, 0.25) is 6.43 Å². The van der Waals surface area contributed by atoms with E-state index in [1.807, 2.05) is 0 Å². The summed E-state index contributed by atoms with van der Waals surface area (Å²) in [6, 6.07) is 2.69. The standard InChI is InChI=1S/C10H10ClF2NO2/c1-5-2-6(3-8(11)14-5)7(10(12)13)4-9(15)16/h2-3,7,10H,4H2,1H3,(H,15,16). The number of hydrogen-bond donors (Lipinski definition) is 1. The summed E-state index contributed by atoms with van der Waals surface area (Å²) in [6.45, 7) is 1.61. The third-order valence-corrected chi connectivity index (χ3v) is 2.26. The van der Waals surface area contributed by atoms with Gasteiger partial charge in [-0.2, -0.15) is 0 Å². The first-order chi connectivity index (χ1) is 7.40. The fourth-order valence-electron chi connectivity index (χ4n) is 1.41. The van der Waals surface area contributed by atoms with Crippen LogP contribution in [0.2, 0.25) is 5.15 Å². The second-order valence-corrected chi connectivity index (χ2v) is 3.79. The van der Waals surface area contributed by atoms with Gasteiger partial charge in [-0.25, -0.2) is 13.8 Å². The lowest BCUT2D eigenvalue weighted by Crippen LogP contribution is -2.14. The minimum absolute atomic E-state index is 0.0889. The van der Waals surface area contributed by atoms with Crippen LogP contribution in [-0.2, 0) is 4.79 Å². The number of aliphatic carboxylic acids is 1. The van der Waals surface area contributed by atoms with Crippen molar-refractivity contribution in [3.05, 3.63) is 28.5 Å². The average Bonchev–Trinajstić information content (AvgIpc) is 2.11. The van der Waals surface area contributed by atoms with E-state index in [1.165, 1.54) is 12.1 Å². The first kappa shape index (κ1) is 12.8. The summed E-state index contributed by atoms with van der Waals surface area (Å²) in [5, 5.41) is 8.64. The highest BCUT2D eigenvalue weighted by Crippen LogP contribution is 2.28. The number of rotatable bonds is 4. The summed E-state index contributed by atoms with van der Waals surface area (Å²) < 4.78 is 25.4. The maximum atomic E-state index is 12.7. The van der Waals surface area contributed by atoms with E-state index >= 15 is 0 Å². The third kappa shape index (κ3) is 3.41. The molecule has 1 unspecified atom stereocenters. The van der Waals surface area contributed by atoms with Crippen molar-refractivity contribution >= 4 is 17.6 Å². The molecule has 1 atom stereocenters. The van der Waals surface area contributed by atoms with Crippen molar-refractivity contribution in [1.82, 2.24) is 4.98 Å². The van der Waals surface area contributed by atoms with E-state index < -0.39 is 24.7 Å². The Morgan fingerprint density at radius 3 is 2.62 bits per heavy atom. The van der Waals surface area contributed by atoms with Crippen molar-refractivity contribution in [2.24, 2.45) is 0 Å². The number of alkyl halides is 2. The summed E-state index contributed by atoms with van der Waals surface area (Å²) in [5.41, 5.74) is 0.688. The van der Waals surface area contributed by atoms with E-state index in [2.05, 4.69) is 4.98 Å². The van der Waals surface area contributed by atoms with E-state index in [-0.39, 0.29) is 10.7 Å². The highest BCUT2D eigenvalue weighted by atomic mass is 35.5. The zero-order valence-corrected chi connectivity index (χ0v) is 9.21. The van der Waals surface area contributed by atoms with Crippen LogP contribution in [0, 0.1) is 6.92 Å². The quantitative estimate of drug-likeness (QED) is 0.835. The molecule has 0 fully saturated rings. The highest BCUT2D eigenvalue weighted by molar-refractivity contribution is 6.29. The van der Waals surface area contributed by atoms with E-state index in [1.54, 1.807) is 6.92 Å². The SMILES string of the molecule is Cc1cc(C(CC(=O)O)C(F)F)cc(Cl)n1. The first-order valence-corrected chi connectivity index (χ1v) is 4.92. The van der Waals surface area contributed by atoms with Crippen LogP contribution in [0.3, 0.4) is 0 Å². The molecule has 0 spiro atoms. The number of halogens is 3. The number of hydrogen-bond acceptors (Lipinski definition) is 2. The van der Waals surface area contributed by atoms with E-state index in [0.29, 0.717) is 5.69 Å². The molecule has 88 valence electrons. The fraction of sp³-hybridized carbons (Fsp3) is 0.400. The smallest absolute Gasteiger partial charge is 0.304 e. The second kappa shape index (κ2) is 5.21. The highest BCUT2D eigenvalue weighted by Gasteiger charge is 2.25. The molecule has 1 heterocycles. The van der Waals surface area contributed by atoms with Crippen molar-refractivity contribution in [1.29, 1.82) is 0 Å². The lowest BCUT2D eigenvalue weighted by molar-refractivity contribution is -0.138. The lowest BCUT2D eigenvalue weighted by atomic mass is 9.96. The number of carbonyl (C=O) groups is 1. The number of aryl methyl sites for hydroxylation is 1. The molecule has 0 bridgehead atoms. The van der Waals surface area contributed by atoms with E-state index in [9.17, 15) is 13.6 Å². The monoisotopic (exact) mass is 249 g/mol. The second-order valence-electron chi connectivity index (χ2n) is 3.40. The van der Waals surface area contributed by atoms with Crippen LogP contribution in [0.25, 0.3) is 0 Å². The van der Waals surface area contributed by atoms with Gasteiger partial charge in [-0.1, -0.05) is 11.6 Å². The van der Waals surface area contributed by atoms with Gasteiger partial charge in [0.1, 0.15) is 5.15 Å². The van der Waals surface area contributed by atoms with Crippen molar-refractivity contribution in [2.45, 2.75) is 25.7 Å². The average molecular weight is 250 g/mol. The molecule has 0 aliphatic heterocycles. The van der Waals surface area contributed by atoms with Crippen molar-refractivity contribution in [2.75, 3.05) is 0 Å². The molecular weight excluding hydrogens is 240 g/mol. The van der Waals surface area contributed by atoms with Crippen LogP contribution < -0.4 is 0 Å². The van der Waals surface area contributed by atoms with Gasteiger partial charge in [0.25, 0.3) is 0 Å². The van der Waals surface area contributed by atoms with Gasteiger partial charge in [0.05, 0.1) is 12.3 Å². The van der Waals surface area contributed by atoms with E-state index in [4.69, 9.17) is 16.7 Å². The van der Waals surface area contributed by atoms with Gasteiger partial charge < -0.3 is 5.11 Å². The van der Waals surface area contributed by atoms with Gasteiger partial charge in [-0.3, -0.25) is 4.79 Å². The molecule has 0 aliphatic carbocycles. The minimum Gasteiger partial charge on any atom is -0.481 e. The Morgan fingerprint density at radius 1 is 1.56 bits per heavy atom. The van der Waals surface area contributed by atoms with Gasteiger partial charge >= 0.3 is 5.97 Å². The molecule has 3 nitrogen and oxygen atoms in total. The summed E-state index contributed by atoms with van der Waals surface area (Å²) in [7, 11) is 0. The zero-order valence-electron chi connectivity index (χ0n) is 8.45. The summed E-state index contributed by atoms with van der Waals surface area (Å²) in [5.74, 6) is -2.62. The Labute approximate surface area is 96.1 Å². The normalized spacial score (nSPS) is 12.8. The maximum absolute atomic E-state index is 12.7. The Morgan fingerprint density at radius 2 is 2.19 bits per heavy atom. The van der Waals surface area contributed by atoms with Crippen molar-refractivity contribution in [3.63, 3.8) is 0 Å². The largest absolute Gasteiger partial charge is 0.481 e. The van der Waals surface area contributed by atoms with Gasteiger partial charge in [-0.05, 0) is 24.6 Å². The molecule has 1 aromatic heterocycles.